The summed E-state index contributed by atoms with van der Waals surface area (Å²) in [5.74, 6) is 0.0804. The third-order valence-corrected chi connectivity index (χ3v) is 5.52. The summed E-state index contributed by atoms with van der Waals surface area (Å²) in [6.45, 7) is 0.515. The Morgan fingerprint density at radius 3 is 2.45 bits per heavy atom. The van der Waals surface area contributed by atoms with Gasteiger partial charge in [0.25, 0.3) is 5.91 Å². The van der Waals surface area contributed by atoms with Crippen LogP contribution in [0, 0.1) is 0 Å². The minimum Gasteiger partial charge on any atom is -0.506 e. The fourth-order valence-corrected chi connectivity index (χ4v) is 3.81. The molecule has 0 fully saturated rings. The van der Waals surface area contributed by atoms with Crippen LogP contribution in [0.1, 0.15) is 21.5 Å². The molecule has 3 aromatic rings. The van der Waals surface area contributed by atoms with Crippen molar-refractivity contribution in [3.05, 3.63) is 65.2 Å². The van der Waals surface area contributed by atoms with Gasteiger partial charge in [-0.2, -0.15) is 0 Å². The molecular formula is C24H23NO6. The van der Waals surface area contributed by atoms with E-state index in [2.05, 4.69) is 0 Å². The molecule has 0 spiro atoms. The first-order valence-electron chi connectivity index (χ1n) is 9.91. The summed E-state index contributed by atoms with van der Waals surface area (Å²) in [5.41, 5.74) is 2.10. The van der Waals surface area contributed by atoms with Gasteiger partial charge in [0.15, 0.2) is 18.1 Å². The Labute approximate surface area is 179 Å². The van der Waals surface area contributed by atoms with E-state index in [4.69, 9.17) is 14.2 Å². The lowest BCUT2D eigenvalue weighted by molar-refractivity contribution is -0.135. The lowest BCUT2D eigenvalue weighted by atomic mass is 9.99. The molecule has 1 heterocycles. The van der Waals surface area contributed by atoms with Crippen molar-refractivity contribution in [1.29, 1.82) is 0 Å². The van der Waals surface area contributed by atoms with Crippen LogP contribution in [-0.4, -0.2) is 49.3 Å². The number of aromatic hydroxyl groups is 1. The van der Waals surface area contributed by atoms with Crippen LogP contribution >= 0.6 is 0 Å². The summed E-state index contributed by atoms with van der Waals surface area (Å²) in [4.78, 5) is 26.8. The Kier molecular flexibility index (Phi) is 5.66. The Morgan fingerprint density at radius 1 is 1.00 bits per heavy atom. The van der Waals surface area contributed by atoms with Crippen molar-refractivity contribution >= 4 is 22.6 Å². The minimum atomic E-state index is -0.736. The van der Waals surface area contributed by atoms with Crippen LogP contribution in [0.25, 0.3) is 10.8 Å². The highest BCUT2D eigenvalue weighted by Gasteiger charge is 2.24. The number of hydrogen-bond acceptors (Lipinski definition) is 6. The van der Waals surface area contributed by atoms with Gasteiger partial charge in [0.05, 0.1) is 14.2 Å². The third kappa shape index (κ3) is 3.99. The highest BCUT2D eigenvalue weighted by Crippen LogP contribution is 2.33. The molecule has 1 aliphatic heterocycles. The number of carbonyl (C=O) groups is 2. The highest BCUT2D eigenvalue weighted by molar-refractivity contribution is 6.01. The highest BCUT2D eigenvalue weighted by atomic mass is 16.5. The fourth-order valence-electron chi connectivity index (χ4n) is 3.81. The van der Waals surface area contributed by atoms with E-state index < -0.39 is 12.6 Å². The number of fused-ring (bicyclic) bond motifs is 2. The van der Waals surface area contributed by atoms with Gasteiger partial charge in [-0.15, -0.1) is 0 Å². The van der Waals surface area contributed by atoms with Crippen molar-refractivity contribution in [3.63, 3.8) is 0 Å². The molecule has 0 radical (unpaired) electrons. The number of methoxy groups -OCH3 is 2. The Morgan fingerprint density at radius 2 is 1.71 bits per heavy atom. The summed E-state index contributed by atoms with van der Waals surface area (Å²) in [6, 6.07) is 14.2. The van der Waals surface area contributed by atoms with Gasteiger partial charge in [0.1, 0.15) is 11.3 Å². The summed E-state index contributed by atoms with van der Waals surface area (Å²) >= 11 is 0. The first-order chi connectivity index (χ1) is 15.0. The predicted molar refractivity (Wildman–Crippen MR) is 115 cm³/mol. The molecule has 31 heavy (non-hydrogen) atoms. The van der Waals surface area contributed by atoms with E-state index >= 15 is 0 Å². The molecule has 0 aromatic heterocycles. The van der Waals surface area contributed by atoms with Crippen LogP contribution in [-0.2, 0) is 22.5 Å². The van der Waals surface area contributed by atoms with E-state index in [0.717, 1.165) is 16.5 Å². The quantitative estimate of drug-likeness (QED) is 0.637. The monoisotopic (exact) mass is 421 g/mol. The van der Waals surface area contributed by atoms with Crippen molar-refractivity contribution in [2.45, 2.75) is 13.0 Å². The number of carbonyl (C=O) groups excluding carboxylic acids is 2. The van der Waals surface area contributed by atoms with Crippen LogP contribution in [0.15, 0.2) is 48.5 Å². The van der Waals surface area contributed by atoms with Crippen LogP contribution in [0.4, 0.5) is 0 Å². The Balaban J connectivity index is 1.43. The van der Waals surface area contributed by atoms with E-state index in [1.54, 1.807) is 37.3 Å². The van der Waals surface area contributed by atoms with Gasteiger partial charge in [-0.1, -0.05) is 30.3 Å². The molecule has 160 valence electrons. The lowest BCUT2D eigenvalue weighted by Gasteiger charge is -2.29. The minimum absolute atomic E-state index is 0.0346. The zero-order valence-corrected chi connectivity index (χ0v) is 17.4. The van der Waals surface area contributed by atoms with Gasteiger partial charge < -0.3 is 24.2 Å². The lowest BCUT2D eigenvalue weighted by Crippen LogP contribution is -2.38. The molecule has 0 saturated heterocycles. The number of esters is 1. The number of ether oxygens (including phenoxy) is 3. The van der Waals surface area contributed by atoms with Crippen LogP contribution in [0.3, 0.4) is 0 Å². The van der Waals surface area contributed by atoms with Crippen molar-refractivity contribution in [1.82, 2.24) is 4.90 Å². The van der Waals surface area contributed by atoms with Gasteiger partial charge >= 0.3 is 5.97 Å². The molecule has 0 bridgehead atoms. The van der Waals surface area contributed by atoms with E-state index in [9.17, 15) is 14.7 Å². The molecule has 0 saturated carbocycles. The van der Waals surface area contributed by atoms with E-state index in [1.807, 2.05) is 24.3 Å². The largest absolute Gasteiger partial charge is 0.506 e. The van der Waals surface area contributed by atoms with Gasteiger partial charge in [-0.25, -0.2) is 4.79 Å². The molecule has 0 aliphatic carbocycles. The SMILES string of the molecule is COc1cc2c(cc1OC)CN(C(=O)COC(=O)c1ccc3ccccc3c1O)CC2. The second kappa shape index (κ2) is 8.55. The summed E-state index contributed by atoms with van der Waals surface area (Å²) in [5, 5.41) is 11.8. The van der Waals surface area contributed by atoms with E-state index in [-0.39, 0.29) is 17.2 Å². The van der Waals surface area contributed by atoms with Crippen molar-refractivity contribution < 1.29 is 28.9 Å². The molecule has 4 rings (SSSR count). The van der Waals surface area contributed by atoms with Crippen LogP contribution in [0.5, 0.6) is 17.2 Å². The third-order valence-electron chi connectivity index (χ3n) is 5.52. The van der Waals surface area contributed by atoms with E-state index in [1.165, 1.54) is 6.07 Å². The molecule has 0 atom stereocenters. The summed E-state index contributed by atoms with van der Waals surface area (Å²) in [6.07, 6.45) is 0.667. The average molecular weight is 421 g/mol. The predicted octanol–water partition coefficient (Wildman–Crippen LogP) is 3.30. The summed E-state index contributed by atoms with van der Waals surface area (Å²) in [7, 11) is 3.16. The number of hydrogen-bond donors (Lipinski definition) is 1. The average Bonchev–Trinajstić information content (AvgIpc) is 2.81. The second-order valence-corrected chi connectivity index (χ2v) is 7.30. The molecule has 3 aromatic carbocycles. The molecule has 1 aliphatic rings. The molecule has 7 nitrogen and oxygen atoms in total. The molecule has 1 N–H and O–H groups in total. The normalized spacial score (nSPS) is 12.9. The number of amides is 1. The van der Waals surface area contributed by atoms with Crippen LogP contribution in [0.2, 0.25) is 0 Å². The number of benzene rings is 3. The maximum atomic E-state index is 12.6. The molecular weight excluding hydrogens is 398 g/mol. The van der Waals surface area contributed by atoms with Gasteiger partial charge in [-0.3, -0.25) is 4.79 Å². The molecule has 0 unspecified atom stereocenters. The zero-order valence-electron chi connectivity index (χ0n) is 17.4. The van der Waals surface area contributed by atoms with Crippen LogP contribution < -0.4 is 9.47 Å². The molecule has 1 amide bonds. The zero-order chi connectivity index (χ0) is 22.0. The van der Waals surface area contributed by atoms with Crippen molar-refractivity contribution in [2.24, 2.45) is 0 Å². The Bertz CT molecular complexity index is 1160. The first-order valence-corrected chi connectivity index (χ1v) is 9.91. The van der Waals surface area contributed by atoms with Gasteiger partial charge in [0.2, 0.25) is 0 Å². The van der Waals surface area contributed by atoms with Gasteiger partial charge in [0, 0.05) is 18.5 Å². The maximum Gasteiger partial charge on any atom is 0.342 e. The first kappa shape index (κ1) is 20.5. The number of phenols is 1. The number of phenolic OH excluding ortho intramolecular Hbond substituents is 1. The Hall–Kier alpha value is -3.74. The standard InChI is InChI=1S/C24H23NO6/c1-29-20-11-16-9-10-25(13-17(16)12-21(20)30-2)22(26)14-31-24(28)19-8-7-15-5-3-4-6-18(15)23(19)27/h3-8,11-12,27H,9-10,13-14H2,1-2H3. The van der Waals surface area contributed by atoms with Crippen molar-refractivity contribution in [3.8, 4) is 17.2 Å². The van der Waals surface area contributed by atoms with Crippen molar-refractivity contribution in [2.75, 3.05) is 27.4 Å². The second-order valence-electron chi connectivity index (χ2n) is 7.30. The maximum absolute atomic E-state index is 12.6. The van der Waals surface area contributed by atoms with E-state index in [0.29, 0.717) is 36.4 Å². The molecule has 7 heteroatoms. The topological polar surface area (TPSA) is 85.3 Å². The summed E-state index contributed by atoms with van der Waals surface area (Å²) < 4.78 is 15.9. The fraction of sp³-hybridized carbons (Fsp3) is 0.250. The number of nitrogens with zero attached hydrogens (tertiary/aromatic N) is 1. The van der Waals surface area contributed by atoms with Gasteiger partial charge in [-0.05, 0) is 41.1 Å². The number of rotatable bonds is 5. The smallest absolute Gasteiger partial charge is 0.342 e.